The van der Waals surface area contributed by atoms with E-state index in [0.717, 1.165) is 50.0 Å². The van der Waals surface area contributed by atoms with Gasteiger partial charge in [-0.25, -0.2) is 0 Å². The van der Waals surface area contributed by atoms with Crippen LogP contribution in [0.4, 0.5) is 0 Å². The normalized spacial score (nSPS) is 19.4. The van der Waals surface area contributed by atoms with E-state index in [-0.39, 0.29) is 0 Å². The number of rotatable bonds is 6. The number of fused-ring (bicyclic) bond motifs is 1. The molecule has 3 heteroatoms. The highest BCUT2D eigenvalue weighted by molar-refractivity contribution is 5.43. The number of ether oxygens (including phenoxy) is 2. The van der Waals surface area contributed by atoms with E-state index in [0.29, 0.717) is 6.04 Å². The summed E-state index contributed by atoms with van der Waals surface area (Å²) < 4.78 is 11.4. The third kappa shape index (κ3) is 3.45. The molecule has 2 aliphatic rings. The lowest BCUT2D eigenvalue weighted by Gasteiger charge is -2.17. The second kappa shape index (κ2) is 6.49. The van der Waals surface area contributed by atoms with E-state index in [4.69, 9.17) is 9.47 Å². The molecule has 1 aromatic carbocycles. The molecule has 1 unspecified atom stereocenters. The fourth-order valence-electron chi connectivity index (χ4n) is 2.95. The average molecular weight is 275 g/mol. The summed E-state index contributed by atoms with van der Waals surface area (Å²) in [6.07, 6.45) is 6.11. The number of aryl methyl sites for hydroxylation is 1. The Morgan fingerprint density at radius 1 is 1.20 bits per heavy atom. The monoisotopic (exact) mass is 275 g/mol. The Morgan fingerprint density at radius 3 is 2.75 bits per heavy atom. The molecule has 3 nitrogen and oxygen atoms in total. The van der Waals surface area contributed by atoms with Crippen LogP contribution in [0.25, 0.3) is 0 Å². The van der Waals surface area contributed by atoms with Gasteiger partial charge in [0.05, 0.1) is 13.2 Å². The fraction of sp³-hybridized carbons (Fsp3) is 0.647. The van der Waals surface area contributed by atoms with Gasteiger partial charge in [-0.1, -0.05) is 13.0 Å². The Kier molecular flexibility index (Phi) is 4.46. The Morgan fingerprint density at radius 2 is 2.00 bits per heavy atom. The Bertz CT molecular complexity index is 443. The first kappa shape index (κ1) is 13.7. The van der Waals surface area contributed by atoms with Crippen LogP contribution in [0.3, 0.4) is 0 Å². The third-order valence-electron chi connectivity index (χ3n) is 4.21. The van der Waals surface area contributed by atoms with E-state index in [1.807, 2.05) is 0 Å². The lowest BCUT2D eigenvalue weighted by Crippen LogP contribution is -2.31. The van der Waals surface area contributed by atoms with Crippen LogP contribution < -0.4 is 14.8 Å². The minimum Gasteiger partial charge on any atom is -0.490 e. The van der Waals surface area contributed by atoms with Crippen LogP contribution >= 0.6 is 0 Å². The van der Waals surface area contributed by atoms with Crippen molar-refractivity contribution in [2.24, 2.45) is 5.92 Å². The predicted octanol–water partition coefficient (Wildman–Crippen LogP) is 3.17. The fourth-order valence-corrected chi connectivity index (χ4v) is 2.95. The van der Waals surface area contributed by atoms with Crippen molar-refractivity contribution in [3.05, 3.63) is 23.8 Å². The number of hydrogen-bond donors (Lipinski definition) is 1. The Balaban J connectivity index is 1.60. The van der Waals surface area contributed by atoms with Crippen LogP contribution in [0.1, 0.15) is 38.2 Å². The number of benzene rings is 1. The summed E-state index contributed by atoms with van der Waals surface area (Å²) >= 11 is 0. The molecule has 1 aliphatic carbocycles. The predicted molar refractivity (Wildman–Crippen MR) is 80.6 cm³/mol. The summed E-state index contributed by atoms with van der Waals surface area (Å²) in [6.45, 7) is 4.79. The van der Waals surface area contributed by atoms with Crippen molar-refractivity contribution in [2.45, 2.75) is 45.1 Å². The smallest absolute Gasteiger partial charge is 0.161 e. The topological polar surface area (TPSA) is 30.5 Å². The van der Waals surface area contributed by atoms with Crippen LogP contribution in [-0.2, 0) is 6.42 Å². The Labute approximate surface area is 121 Å². The molecular weight excluding hydrogens is 250 g/mol. The highest BCUT2D eigenvalue weighted by Crippen LogP contribution is 2.35. The van der Waals surface area contributed by atoms with Gasteiger partial charge < -0.3 is 14.8 Å². The summed E-state index contributed by atoms with van der Waals surface area (Å²) in [6, 6.07) is 7.10. The van der Waals surface area contributed by atoms with Crippen molar-refractivity contribution < 1.29 is 9.47 Å². The number of nitrogens with one attached hydrogen (secondary N) is 1. The summed E-state index contributed by atoms with van der Waals surface area (Å²) in [5.41, 5.74) is 1.36. The van der Waals surface area contributed by atoms with Gasteiger partial charge in [0.2, 0.25) is 0 Å². The van der Waals surface area contributed by atoms with Crippen molar-refractivity contribution in [3.8, 4) is 11.5 Å². The molecule has 3 rings (SSSR count). The van der Waals surface area contributed by atoms with Gasteiger partial charge in [0, 0.05) is 12.5 Å². The zero-order valence-corrected chi connectivity index (χ0v) is 12.4. The Hall–Kier alpha value is -1.22. The molecule has 1 N–H and O–H groups in total. The molecule has 1 atom stereocenters. The van der Waals surface area contributed by atoms with Gasteiger partial charge in [-0.15, -0.1) is 0 Å². The average Bonchev–Trinajstić information content (AvgIpc) is 3.29. The molecule has 0 aromatic heterocycles. The molecule has 1 aliphatic heterocycles. The molecule has 20 heavy (non-hydrogen) atoms. The van der Waals surface area contributed by atoms with Crippen LogP contribution in [0.5, 0.6) is 11.5 Å². The van der Waals surface area contributed by atoms with Gasteiger partial charge in [-0.3, -0.25) is 0 Å². The van der Waals surface area contributed by atoms with E-state index in [2.05, 4.69) is 30.4 Å². The van der Waals surface area contributed by atoms with Crippen LogP contribution in [0.15, 0.2) is 18.2 Å². The van der Waals surface area contributed by atoms with Crippen molar-refractivity contribution in [1.82, 2.24) is 5.32 Å². The first-order chi connectivity index (χ1) is 9.86. The quantitative estimate of drug-likeness (QED) is 0.865. The van der Waals surface area contributed by atoms with Crippen molar-refractivity contribution in [3.63, 3.8) is 0 Å². The number of hydrogen-bond acceptors (Lipinski definition) is 3. The highest BCUT2D eigenvalue weighted by atomic mass is 16.5. The summed E-state index contributed by atoms with van der Waals surface area (Å²) in [5.74, 6) is 2.73. The van der Waals surface area contributed by atoms with E-state index in [1.165, 1.54) is 24.8 Å². The van der Waals surface area contributed by atoms with E-state index >= 15 is 0 Å². The molecule has 1 aromatic rings. The minimum atomic E-state index is 0.691. The highest BCUT2D eigenvalue weighted by Gasteiger charge is 2.30. The van der Waals surface area contributed by atoms with Gasteiger partial charge in [0.15, 0.2) is 11.5 Å². The second-order valence-electron chi connectivity index (χ2n) is 5.87. The van der Waals surface area contributed by atoms with Gasteiger partial charge in [0.25, 0.3) is 0 Å². The molecular formula is C17H25NO2. The third-order valence-corrected chi connectivity index (χ3v) is 4.21. The molecule has 1 saturated carbocycles. The second-order valence-corrected chi connectivity index (χ2v) is 5.87. The zero-order valence-electron chi connectivity index (χ0n) is 12.4. The summed E-state index contributed by atoms with van der Waals surface area (Å²) in [7, 11) is 0. The van der Waals surface area contributed by atoms with Gasteiger partial charge in [-0.2, -0.15) is 0 Å². The van der Waals surface area contributed by atoms with E-state index in [1.54, 1.807) is 0 Å². The first-order valence-electron chi connectivity index (χ1n) is 7.98. The SMILES string of the molecule is CCNC(CCc1ccc2c(c1)OCCCO2)C1CC1. The molecule has 110 valence electrons. The van der Waals surface area contributed by atoms with Crippen molar-refractivity contribution in [1.29, 1.82) is 0 Å². The van der Waals surface area contributed by atoms with Crippen LogP contribution in [-0.4, -0.2) is 25.8 Å². The molecule has 0 radical (unpaired) electrons. The molecule has 0 amide bonds. The van der Waals surface area contributed by atoms with E-state index < -0.39 is 0 Å². The lowest BCUT2D eigenvalue weighted by atomic mass is 10.0. The molecule has 0 bridgehead atoms. The molecule has 1 heterocycles. The minimum absolute atomic E-state index is 0.691. The first-order valence-corrected chi connectivity index (χ1v) is 7.98. The van der Waals surface area contributed by atoms with Crippen LogP contribution in [0, 0.1) is 5.92 Å². The standard InChI is InChI=1S/C17H25NO2/c1-2-18-15(14-6-7-14)8-4-13-5-9-16-17(12-13)20-11-3-10-19-16/h5,9,12,14-15,18H,2-4,6-8,10-11H2,1H3. The summed E-state index contributed by atoms with van der Waals surface area (Å²) in [4.78, 5) is 0. The van der Waals surface area contributed by atoms with Crippen LogP contribution in [0.2, 0.25) is 0 Å². The largest absolute Gasteiger partial charge is 0.490 e. The molecule has 1 fully saturated rings. The molecule has 0 saturated heterocycles. The van der Waals surface area contributed by atoms with Gasteiger partial charge in [0.1, 0.15) is 0 Å². The van der Waals surface area contributed by atoms with E-state index in [9.17, 15) is 0 Å². The van der Waals surface area contributed by atoms with Gasteiger partial charge >= 0.3 is 0 Å². The maximum Gasteiger partial charge on any atom is 0.161 e. The van der Waals surface area contributed by atoms with Gasteiger partial charge in [-0.05, 0) is 55.8 Å². The summed E-state index contributed by atoms with van der Waals surface area (Å²) in [5, 5.41) is 3.63. The van der Waals surface area contributed by atoms with Crippen molar-refractivity contribution >= 4 is 0 Å². The maximum atomic E-state index is 5.76. The van der Waals surface area contributed by atoms with Crippen molar-refractivity contribution in [2.75, 3.05) is 19.8 Å². The zero-order chi connectivity index (χ0) is 13.8. The molecule has 0 spiro atoms. The lowest BCUT2D eigenvalue weighted by molar-refractivity contribution is 0.297. The maximum absolute atomic E-state index is 5.76.